The summed E-state index contributed by atoms with van der Waals surface area (Å²) in [5.74, 6) is -2.14. The number of aryl methyl sites for hydroxylation is 2. The van der Waals surface area contributed by atoms with E-state index in [2.05, 4.69) is 10.6 Å². The molecule has 0 bridgehead atoms. The Morgan fingerprint density at radius 3 is 2.39 bits per heavy atom. The number of nitrogens with one attached hydrogen (secondary N) is 2. The quantitative estimate of drug-likeness (QED) is 0.580. The van der Waals surface area contributed by atoms with Crippen molar-refractivity contribution in [3.63, 3.8) is 0 Å². The zero-order valence-electron chi connectivity index (χ0n) is 18.7. The Morgan fingerprint density at radius 1 is 1.13 bits per heavy atom. The van der Waals surface area contributed by atoms with E-state index in [1.54, 1.807) is 11.9 Å². The molecule has 5 atom stereocenters. The van der Waals surface area contributed by atoms with Crippen molar-refractivity contribution in [1.82, 2.24) is 10.2 Å². The third-order valence-electron chi connectivity index (χ3n) is 6.69. The number of hydrogen-bond donors (Lipinski definition) is 3. The van der Waals surface area contributed by atoms with Crippen LogP contribution in [0.2, 0.25) is 0 Å². The summed E-state index contributed by atoms with van der Waals surface area (Å²) >= 11 is 0. The molecule has 0 radical (unpaired) electrons. The lowest BCUT2D eigenvalue weighted by Crippen LogP contribution is -2.45. The number of carbonyl (C=O) groups excluding carboxylic acids is 3. The fourth-order valence-corrected chi connectivity index (χ4v) is 5.10. The van der Waals surface area contributed by atoms with Crippen LogP contribution in [-0.2, 0) is 14.4 Å². The molecular formula is C24H33N3O4. The van der Waals surface area contributed by atoms with Gasteiger partial charge in [-0.25, -0.2) is 0 Å². The van der Waals surface area contributed by atoms with E-state index in [9.17, 15) is 19.5 Å². The average molecular weight is 428 g/mol. The highest BCUT2D eigenvalue weighted by Crippen LogP contribution is 2.45. The Kier molecular flexibility index (Phi) is 7.15. The van der Waals surface area contributed by atoms with E-state index in [4.69, 9.17) is 0 Å². The van der Waals surface area contributed by atoms with E-state index in [1.165, 1.54) is 0 Å². The molecule has 0 unspecified atom stereocenters. The Bertz CT molecular complexity index is 861. The molecule has 1 aromatic carbocycles. The molecule has 3 N–H and O–H groups in total. The van der Waals surface area contributed by atoms with Gasteiger partial charge in [-0.2, -0.15) is 0 Å². The second-order valence-corrected chi connectivity index (χ2v) is 8.51. The van der Waals surface area contributed by atoms with Gasteiger partial charge in [-0.15, -0.1) is 0 Å². The zero-order valence-corrected chi connectivity index (χ0v) is 18.7. The van der Waals surface area contributed by atoms with Gasteiger partial charge in [0, 0.05) is 31.8 Å². The van der Waals surface area contributed by atoms with Crippen molar-refractivity contribution in [1.29, 1.82) is 0 Å². The van der Waals surface area contributed by atoms with E-state index in [-0.39, 0.29) is 42.7 Å². The molecule has 1 saturated heterocycles. The van der Waals surface area contributed by atoms with Crippen molar-refractivity contribution in [2.75, 3.05) is 25.5 Å². The first-order valence-corrected chi connectivity index (χ1v) is 11.0. The summed E-state index contributed by atoms with van der Waals surface area (Å²) < 4.78 is 0. The van der Waals surface area contributed by atoms with Gasteiger partial charge in [-0.1, -0.05) is 37.3 Å². The van der Waals surface area contributed by atoms with E-state index in [0.29, 0.717) is 6.42 Å². The number of nitrogens with zero attached hydrogens (tertiary/aromatic N) is 1. The van der Waals surface area contributed by atoms with Gasteiger partial charge in [0.25, 0.3) is 0 Å². The molecule has 0 saturated carbocycles. The first-order chi connectivity index (χ1) is 14.8. The molecule has 3 amide bonds. The maximum absolute atomic E-state index is 13.5. The fourth-order valence-electron chi connectivity index (χ4n) is 5.10. The van der Waals surface area contributed by atoms with E-state index in [1.807, 2.05) is 51.1 Å². The minimum Gasteiger partial charge on any atom is -0.396 e. The number of fused-ring (bicyclic) bond motifs is 1. The number of benzene rings is 1. The van der Waals surface area contributed by atoms with Crippen molar-refractivity contribution in [2.45, 2.75) is 39.7 Å². The Hall–Kier alpha value is -2.67. The molecule has 3 rings (SSSR count). The van der Waals surface area contributed by atoms with Gasteiger partial charge in [-0.3, -0.25) is 14.4 Å². The maximum atomic E-state index is 13.5. The van der Waals surface area contributed by atoms with Crippen molar-refractivity contribution in [3.8, 4) is 0 Å². The van der Waals surface area contributed by atoms with Crippen LogP contribution in [-0.4, -0.2) is 54.0 Å². The van der Waals surface area contributed by atoms with Crippen molar-refractivity contribution >= 4 is 23.4 Å². The fraction of sp³-hybridized carbons (Fsp3) is 0.542. The lowest BCUT2D eigenvalue weighted by atomic mass is 9.69. The molecule has 0 aromatic heterocycles. The number of likely N-dealkylation sites (tertiary alicyclic amines) is 1. The van der Waals surface area contributed by atoms with Crippen LogP contribution in [0.5, 0.6) is 0 Å². The predicted molar refractivity (Wildman–Crippen MR) is 119 cm³/mol. The highest BCUT2D eigenvalue weighted by atomic mass is 16.3. The molecule has 1 aliphatic heterocycles. The second kappa shape index (κ2) is 9.64. The molecule has 31 heavy (non-hydrogen) atoms. The Balaban J connectivity index is 1.99. The lowest BCUT2D eigenvalue weighted by Gasteiger charge is -2.33. The summed E-state index contributed by atoms with van der Waals surface area (Å²) in [4.78, 5) is 41.3. The van der Waals surface area contributed by atoms with Crippen LogP contribution >= 0.6 is 0 Å². The molecule has 1 heterocycles. The van der Waals surface area contributed by atoms with Crippen LogP contribution in [0.1, 0.15) is 30.9 Å². The van der Waals surface area contributed by atoms with E-state index in [0.717, 1.165) is 23.2 Å². The topological polar surface area (TPSA) is 98.7 Å². The van der Waals surface area contributed by atoms with Crippen LogP contribution in [0.3, 0.4) is 0 Å². The monoisotopic (exact) mass is 427 g/mol. The number of aliphatic hydroxyl groups is 1. The molecule has 1 aliphatic carbocycles. The summed E-state index contributed by atoms with van der Waals surface area (Å²) in [5, 5.41) is 15.1. The normalized spacial score (nSPS) is 27.2. The van der Waals surface area contributed by atoms with Gasteiger partial charge < -0.3 is 20.6 Å². The summed E-state index contributed by atoms with van der Waals surface area (Å²) in [5.41, 5.74) is 2.65. The molecule has 1 fully saturated rings. The minimum absolute atomic E-state index is 0.0507. The van der Waals surface area contributed by atoms with Gasteiger partial charge in [-0.05, 0) is 43.7 Å². The van der Waals surface area contributed by atoms with Crippen LogP contribution in [0, 0.1) is 37.5 Å². The third kappa shape index (κ3) is 4.24. The number of amides is 3. The summed E-state index contributed by atoms with van der Waals surface area (Å²) in [6.07, 6.45) is 5.05. The van der Waals surface area contributed by atoms with Gasteiger partial charge in [0.05, 0.1) is 11.8 Å². The second-order valence-electron chi connectivity index (χ2n) is 8.51. The van der Waals surface area contributed by atoms with Crippen molar-refractivity contribution in [3.05, 3.63) is 41.5 Å². The van der Waals surface area contributed by atoms with Gasteiger partial charge in [0.1, 0.15) is 6.04 Å². The molecule has 0 spiro atoms. The molecular weight excluding hydrogens is 394 g/mol. The molecule has 1 aromatic rings. The highest BCUT2D eigenvalue weighted by Gasteiger charge is 2.56. The number of allylic oxidation sites excluding steroid dienone is 1. The SMILES string of the molecule is CC[C@@H]1C=C[C@H]2[C@@H](C(=O)N(CCCO)[C@@H]2C(=O)Nc2c(C)cccc2C)[C@@H]1C(=O)NC. The average Bonchev–Trinajstić information content (AvgIpc) is 3.05. The Morgan fingerprint density at radius 2 is 1.81 bits per heavy atom. The van der Waals surface area contributed by atoms with Gasteiger partial charge >= 0.3 is 0 Å². The third-order valence-corrected chi connectivity index (χ3v) is 6.69. The number of rotatable bonds is 7. The minimum atomic E-state index is -0.718. The number of para-hydroxylation sites is 1. The maximum Gasteiger partial charge on any atom is 0.247 e. The standard InChI is InChI=1S/C24H33N3O4/c1-5-16-10-11-17-19(18(16)22(29)25-4)24(31)27(12-7-13-28)21(17)23(30)26-20-14(2)8-6-9-15(20)3/h6,8-11,16-19,21,28H,5,7,12-13H2,1-4H3,(H,25,29)(H,26,30)/t16-,17+,18-,19-,21+/m1/s1. The van der Waals surface area contributed by atoms with Crippen molar-refractivity contribution < 1.29 is 19.5 Å². The summed E-state index contributed by atoms with van der Waals surface area (Å²) in [6, 6.07) is 5.08. The predicted octanol–water partition coefficient (Wildman–Crippen LogP) is 2.03. The first kappa shape index (κ1) is 23.0. The molecule has 7 nitrogen and oxygen atoms in total. The zero-order chi connectivity index (χ0) is 22.7. The van der Waals surface area contributed by atoms with Crippen LogP contribution in [0.15, 0.2) is 30.4 Å². The number of hydrogen-bond acceptors (Lipinski definition) is 4. The van der Waals surface area contributed by atoms with Crippen LogP contribution in [0.4, 0.5) is 5.69 Å². The van der Waals surface area contributed by atoms with E-state index >= 15 is 0 Å². The largest absolute Gasteiger partial charge is 0.396 e. The Labute approximate surface area is 183 Å². The summed E-state index contributed by atoms with van der Waals surface area (Å²) in [7, 11) is 1.58. The van der Waals surface area contributed by atoms with Crippen LogP contribution < -0.4 is 10.6 Å². The number of aliphatic hydroxyl groups excluding tert-OH is 1. The van der Waals surface area contributed by atoms with Gasteiger partial charge in [0.2, 0.25) is 17.7 Å². The first-order valence-electron chi connectivity index (χ1n) is 11.0. The molecule has 7 heteroatoms. The van der Waals surface area contributed by atoms with Crippen molar-refractivity contribution in [2.24, 2.45) is 23.7 Å². The van der Waals surface area contributed by atoms with E-state index < -0.39 is 17.9 Å². The number of carbonyl (C=O) groups is 3. The molecule has 168 valence electrons. The molecule has 2 aliphatic rings. The lowest BCUT2D eigenvalue weighted by molar-refractivity contribution is -0.140. The van der Waals surface area contributed by atoms with Crippen LogP contribution in [0.25, 0.3) is 0 Å². The smallest absolute Gasteiger partial charge is 0.247 e. The highest BCUT2D eigenvalue weighted by molar-refractivity contribution is 6.02. The summed E-state index contributed by atoms with van der Waals surface area (Å²) in [6.45, 7) is 6.07. The van der Waals surface area contributed by atoms with Gasteiger partial charge in [0.15, 0.2) is 0 Å². The number of anilines is 1.